The Morgan fingerprint density at radius 2 is 1.94 bits per heavy atom. The van der Waals surface area contributed by atoms with Gasteiger partial charge in [-0.05, 0) is 30.5 Å². The number of aliphatic hydroxyl groups is 2. The van der Waals surface area contributed by atoms with Crippen LogP contribution in [0.1, 0.15) is 31.4 Å². The van der Waals surface area contributed by atoms with Gasteiger partial charge >= 0.3 is 0 Å². The molecule has 1 aromatic rings. The Morgan fingerprint density at radius 1 is 1.28 bits per heavy atom. The van der Waals surface area contributed by atoms with Gasteiger partial charge in [-0.15, -0.1) is 0 Å². The first kappa shape index (κ1) is 15.0. The van der Waals surface area contributed by atoms with Crippen LogP contribution in [0.4, 0.5) is 0 Å². The highest BCUT2D eigenvalue weighted by atomic mass is 16.5. The van der Waals surface area contributed by atoms with E-state index in [1.807, 2.05) is 24.3 Å². The minimum absolute atomic E-state index is 0.171. The molecule has 102 valence electrons. The molecule has 2 unspecified atom stereocenters. The van der Waals surface area contributed by atoms with Gasteiger partial charge in [-0.3, -0.25) is 0 Å². The summed E-state index contributed by atoms with van der Waals surface area (Å²) in [5.41, 5.74) is 0.863. The summed E-state index contributed by atoms with van der Waals surface area (Å²) in [5.74, 6) is 0.783. The lowest BCUT2D eigenvalue weighted by atomic mass is 10.1. The topological polar surface area (TPSA) is 61.7 Å². The van der Waals surface area contributed by atoms with Gasteiger partial charge in [-0.2, -0.15) is 0 Å². The number of rotatable bonds is 8. The number of ether oxygens (including phenoxy) is 1. The van der Waals surface area contributed by atoms with E-state index in [1.165, 1.54) is 0 Å². The van der Waals surface area contributed by atoms with Gasteiger partial charge < -0.3 is 20.3 Å². The Morgan fingerprint density at radius 3 is 2.44 bits per heavy atom. The molecule has 4 heteroatoms. The zero-order valence-electron chi connectivity index (χ0n) is 11.1. The molecule has 18 heavy (non-hydrogen) atoms. The van der Waals surface area contributed by atoms with E-state index in [9.17, 15) is 5.11 Å². The molecule has 2 atom stereocenters. The zero-order valence-corrected chi connectivity index (χ0v) is 11.1. The standard InChI is InChI=1S/C14H23NO3/c1-3-12(8-9-16)15-10-14(17)11-4-6-13(18-2)7-5-11/h4-7,12,14-17H,3,8-10H2,1-2H3. The van der Waals surface area contributed by atoms with E-state index in [-0.39, 0.29) is 12.6 Å². The number of methoxy groups -OCH3 is 1. The van der Waals surface area contributed by atoms with Gasteiger partial charge in [0.05, 0.1) is 13.2 Å². The van der Waals surface area contributed by atoms with Crippen LogP contribution in [0.5, 0.6) is 5.75 Å². The van der Waals surface area contributed by atoms with Crippen molar-refractivity contribution in [3.63, 3.8) is 0 Å². The average Bonchev–Trinajstić information content (AvgIpc) is 2.43. The summed E-state index contributed by atoms with van der Waals surface area (Å²) in [7, 11) is 1.62. The van der Waals surface area contributed by atoms with Crippen molar-refractivity contribution in [2.45, 2.75) is 31.9 Å². The van der Waals surface area contributed by atoms with Crippen molar-refractivity contribution in [2.24, 2.45) is 0 Å². The zero-order chi connectivity index (χ0) is 13.4. The molecular formula is C14H23NO3. The molecule has 0 fully saturated rings. The molecule has 0 amide bonds. The quantitative estimate of drug-likeness (QED) is 0.656. The second kappa shape index (κ2) is 8.08. The van der Waals surface area contributed by atoms with E-state index in [0.717, 1.165) is 17.7 Å². The van der Waals surface area contributed by atoms with E-state index >= 15 is 0 Å². The third kappa shape index (κ3) is 4.64. The lowest BCUT2D eigenvalue weighted by molar-refractivity contribution is 0.164. The summed E-state index contributed by atoms with van der Waals surface area (Å²) in [6, 6.07) is 7.65. The van der Waals surface area contributed by atoms with Crippen LogP contribution in [0.15, 0.2) is 24.3 Å². The maximum atomic E-state index is 10.0. The number of benzene rings is 1. The summed E-state index contributed by atoms with van der Waals surface area (Å²) < 4.78 is 5.07. The van der Waals surface area contributed by atoms with Crippen LogP contribution in [-0.4, -0.2) is 36.5 Å². The van der Waals surface area contributed by atoms with Crippen molar-refractivity contribution in [3.05, 3.63) is 29.8 Å². The first-order chi connectivity index (χ1) is 8.71. The molecule has 0 aliphatic heterocycles. The Kier molecular flexibility index (Phi) is 6.72. The number of nitrogens with one attached hydrogen (secondary N) is 1. The molecule has 3 N–H and O–H groups in total. The SMILES string of the molecule is CCC(CCO)NCC(O)c1ccc(OC)cc1. The Balaban J connectivity index is 2.45. The fourth-order valence-corrected chi connectivity index (χ4v) is 1.83. The molecule has 0 saturated carbocycles. The molecule has 4 nitrogen and oxygen atoms in total. The van der Waals surface area contributed by atoms with Gasteiger partial charge in [0.25, 0.3) is 0 Å². The monoisotopic (exact) mass is 253 g/mol. The normalized spacial score (nSPS) is 14.2. The fourth-order valence-electron chi connectivity index (χ4n) is 1.83. The van der Waals surface area contributed by atoms with Crippen molar-refractivity contribution in [1.29, 1.82) is 0 Å². The molecule has 0 aliphatic rings. The van der Waals surface area contributed by atoms with Crippen molar-refractivity contribution in [2.75, 3.05) is 20.3 Å². The van der Waals surface area contributed by atoms with Gasteiger partial charge in [0.15, 0.2) is 0 Å². The molecule has 0 aromatic heterocycles. The number of hydrogen-bond donors (Lipinski definition) is 3. The third-order valence-corrected chi connectivity index (χ3v) is 3.07. The fraction of sp³-hybridized carbons (Fsp3) is 0.571. The summed E-state index contributed by atoms with van der Waals surface area (Å²) in [6.07, 6.45) is 1.12. The minimum Gasteiger partial charge on any atom is -0.497 e. The highest BCUT2D eigenvalue weighted by Crippen LogP contribution is 2.17. The molecule has 0 saturated heterocycles. The van der Waals surface area contributed by atoms with Gasteiger partial charge in [0.2, 0.25) is 0 Å². The van der Waals surface area contributed by atoms with Crippen molar-refractivity contribution < 1.29 is 14.9 Å². The Labute approximate surface area is 109 Å². The first-order valence-corrected chi connectivity index (χ1v) is 6.37. The Hall–Kier alpha value is -1.10. The highest BCUT2D eigenvalue weighted by Gasteiger charge is 2.10. The largest absolute Gasteiger partial charge is 0.497 e. The number of aliphatic hydroxyl groups excluding tert-OH is 2. The predicted octanol–water partition coefficient (Wildman–Crippen LogP) is 1.48. The smallest absolute Gasteiger partial charge is 0.118 e. The van der Waals surface area contributed by atoms with E-state index < -0.39 is 6.10 Å². The molecular weight excluding hydrogens is 230 g/mol. The molecule has 0 spiro atoms. The average molecular weight is 253 g/mol. The maximum Gasteiger partial charge on any atom is 0.118 e. The van der Waals surface area contributed by atoms with Gasteiger partial charge in [-0.25, -0.2) is 0 Å². The van der Waals surface area contributed by atoms with E-state index in [0.29, 0.717) is 13.0 Å². The summed E-state index contributed by atoms with van der Waals surface area (Å²) in [4.78, 5) is 0. The summed E-state index contributed by atoms with van der Waals surface area (Å²) in [5, 5.41) is 22.2. The maximum absolute atomic E-state index is 10.0. The van der Waals surface area contributed by atoms with Gasteiger partial charge in [0.1, 0.15) is 5.75 Å². The van der Waals surface area contributed by atoms with Gasteiger partial charge in [0, 0.05) is 19.2 Å². The van der Waals surface area contributed by atoms with Crippen LogP contribution in [0.2, 0.25) is 0 Å². The molecule has 0 heterocycles. The number of hydrogen-bond acceptors (Lipinski definition) is 4. The molecule has 0 radical (unpaired) electrons. The lowest BCUT2D eigenvalue weighted by Crippen LogP contribution is -2.33. The summed E-state index contributed by atoms with van der Waals surface area (Å²) >= 11 is 0. The second-order valence-electron chi connectivity index (χ2n) is 4.31. The molecule has 1 aromatic carbocycles. The van der Waals surface area contributed by atoms with E-state index in [4.69, 9.17) is 9.84 Å². The lowest BCUT2D eigenvalue weighted by Gasteiger charge is -2.19. The predicted molar refractivity (Wildman–Crippen MR) is 71.7 cm³/mol. The third-order valence-electron chi connectivity index (χ3n) is 3.07. The van der Waals surface area contributed by atoms with Crippen LogP contribution in [0.3, 0.4) is 0 Å². The summed E-state index contributed by atoms with van der Waals surface area (Å²) in [6.45, 7) is 2.72. The van der Waals surface area contributed by atoms with Gasteiger partial charge in [-0.1, -0.05) is 19.1 Å². The first-order valence-electron chi connectivity index (χ1n) is 6.37. The molecule has 0 aliphatic carbocycles. The minimum atomic E-state index is -0.538. The van der Waals surface area contributed by atoms with Crippen molar-refractivity contribution in [3.8, 4) is 5.75 Å². The Bertz CT molecular complexity index is 326. The van der Waals surface area contributed by atoms with E-state index in [2.05, 4.69) is 12.2 Å². The van der Waals surface area contributed by atoms with Crippen LogP contribution in [0, 0.1) is 0 Å². The molecule has 0 bridgehead atoms. The van der Waals surface area contributed by atoms with E-state index in [1.54, 1.807) is 7.11 Å². The second-order valence-corrected chi connectivity index (χ2v) is 4.31. The van der Waals surface area contributed by atoms with Crippen molar-refractivity contribution in [1.82, 2.24) is 5.32 Å². The van der Waals surface area contributed by atoms with Crippen LogP contribution < -0.4 is 10.1 Å². The molecule has 1 rings (SSSR count). The van der Waals surface area contributed by atoms with Crippen molar-refractivity contribution >= 4 is 0 Å². The van der Waals surface area contributed by atoms with Crippen LogP contribution >= 0.6 is 0 Å². The van der Waals surface area contributed by atoms with Crippen LogP contribution in [-0.2, 0) is 0 Å². The van der Waals surface area contributed by atoms with Crippen LogP contribution in [0.25, 0.3) is 0 Å². The highest BCUT2D eigenvalue weighted by molar-refractivity contribution is 5.28.